The van der Waals surface area contributed by atoms with Crippen molar-refractivity contribution in [3.8, 4) is 11.5 Å². The second kappa shape index (κ2) is 10.6. The number of carbonyl (C=O) groups excluding carboxylic acids is 1. The average molecular weight is 504 g/mol. The molecule has 31 heavy (non-hydrogen) atoms. The number of carbonyl (C=O) groups is 1. The SMILES string of the molecule is COc1ccc(Br)c(CNc2ccc(C)c(Cl)c2)c1OCC(=O)Nc1ccc(C)cc1. The van der Waals surface area contributed by atoms with E-state index in [1.165, 1.54) is 0 Å². The van der Waals surface area contributed by atoms with Gasteiger partial charge in [-0.2, -0.15) is 0 Å². The van der Waals surface area contributed by atoms with E-state index >= 15 is 0 Å². The molecule has 2 N–H and O–H groups in total. The first-order chi connectivity index (χ1) is 14.9. The highest BCUT2D eigenvalue weighted by atomic mass is 79.9. The van der Waals surface area contributed by atoms with Crippen molar-refractivity contribution in [3.63, 3.8) is 0 Å². The van der Waals surface area contributed by atoms with Gasteiger partial charge in [0.15, 0.2) is 18.1 Å². The third kappa shape index (κ3) is 6.15. The molecule has 1 amide bonds. The van der Waals surface area contributed by atoms with Crippen LogP contribution in [0, 0.1) is 13.8 Å². The van der Waals surface area contributed by atoms with Gasteiger partial charge < -0.3 is 20.1 Å². The number of ether oxygens (including phenoxy) is 2. The van der Waals surface area contributed by atoms with Crippen LogP contribution in [-0.4, -0.2) is 19.6 Å². The van der Waals surface area contributed by atoms with Gasteiger partial charge in [-0.05, 0) is 55.8 Å². The second-order valence-corrected chi connectivity index (χ2v) is 8.34. The molecule has 0 saturated heterocycles. The lowest BCUT2D eigenvalue weighted by Crippen LogP contribution is -2.21. The Hall–Kier alpha value is -2.70. The number of methoxy groups -OCH3 is 1. The summed E-state index contributed by atoms with van der Waals surface area (Å²) in [5, 5.41) is 6.87. The molecule has 0 saturated carbocycles. The van der Waals surface area contributed by atoms with Crippen molar-refractivity contribution in [2.45, 2.75) is 20.4 Å². The molecule has 3 aromatic rings. The summed E-state index contributed by atoms with van der Waals surface area (Å²) < 4.78 is 12.2. The molecule has 0 spiro atoms. The van der Waals surface area contributed by atoms with Gasteiger partial charge in [0.2, 0.25) is 0 Å². The fraction of sp³-hybridized carbons (Fsp3) is 0.208. The van der Waals surface area contributed by atoms with E-state index in [0.717, 1.165) is 32.5 Å². The van der Waals surface area contributed by atoms with E-state index in [2.05, 4.69) is 26.6 Å². The smallest absolute Gasteiger partial charge is 0.262 e. The highest BCUT2D eigenvalue weighted by Gasteiger charge is 2.16. The predicted molar refractivity (Wildman–Crippen MR) is 130 cm³/mol. The first kappa shape index (κ1) is 23.0. The standard InChI is InChI=1S/C24H24BrClN2O3/c1-15-4-7-17(8-5-15)28-23(29)14-31-24-19(20(25)10-11-22(24)30-3)13-27-18-9-6-16(2)21(26)12-18/h4-12,27H,13-14H2,1-3H3,(H,28,29). The van der Waals surface area contributed by atoms with Crippen LogP contribution in [0.3, 0.4) is 0 Å². The molecule has 0 fully saturated rings. The zero-order valence-electron chi connectivity index (χ0n) is 17.6. The highest BCUT2D eigenvalue weighted by molar-refractivity contribution is 9.10. The highest BCUT2D eigenvalue weighted by Crippen LogP contribution is 2.37. The van der Waals surface area contributed by atoms with Gasteiger partial charge in [0.1, 0.15) is 0 Å². The molecule has 0 radical (unpaired) electrons. The van der Waals surface area contributed by atoms with Crippen LogP contribution in [0.1, 0.15) is 16.7 Å². The summed E-state index contributed by atoms with van der Waals surface area (Å²) in [5.41, 5.74) is 4.57. The van der Waals surface area contributed by atoms with Crippen LogP contribution in [0.2, 0.25) is 5.02 Å². The molecule has 3 rings (SSSR count). The fourth-order valence-corrected chi connectivity index (χ4v) is 3.56. The van der Waals surface area contributed by atoms with E-state index in [4.69, 9.17) is 21.1 Å². The van der Waals surface area contributed by atoms with Gasteiger partial charge in [0.05, 0.1) is 7.11 Å². The quantitative estimate of drug-likeness (QED) is 0.376. The molecule has 0 bridgehead atoms. The number of aryl methyl sites for hydroxylation is 2. The average Bonchev–Trinajstić information content (AvgIpc) is 2.75. The van der Waals surface area contributed by atoms with Crippen LogP contribution < -0.4 is 20.1 Å². The Labute approximate surface area is 195 Å². The van der Waals surface area contributed by atoms with E-state index in [9.17, 15) is 4.79 Å². The Morgan fingerprint density at radius 1 is 1.03 bits per heavy atom. The van der Waals surface area contributed by atoms with Gasteiger partial charge in [-0.15, -0.1) is 0 Å². The molecule has 7 heteroatoms. The summed E-state index contributed by atoms with van der Waals surface area (Å²) in [6.45, 7) is 4.25. The van der Waals surface area contributed by atoms with Gasteiger partial charge in [-0.1, -0.05) is 51.3 Å². The third-order valence-electron chi connectivity index (χ3n) is 4.71. The van der Waals surface area contributed by atoms with Gasteiger partial charge in [0.25, 0.3) is 5.91 Å². The summed E-state index contributed by atoms with van der Waals surface area (Å²) in [5.74, 6) is 0.793. The monoisotopic (exact) mass is 502 g/mol. The Kier molecular flexibility index (Phi) is 7.82. The zero-order chi connectivity index (χ0) is 22.4. The lowest BCUT2D eigenvalue weighted by molar-refractivity contribution is -0.118. The first-order valence-electron chi connectivity index (χ1n) is 9.72. The lowest BCUT2D eigenvalue weighted by Gasteiger charge is -2.17. The van der Waals surface area contributed by atoms with E-state index in [1.54, 1.807) is 13.2 Å². The number of halogens is 2. The summed E-state index contributed by atoms with van der Waals surface area (Å²) >= 11 is 9.80. The van der Waals surface area contributed by atoms with E-state index in [-0.39, 0.29) is 12.5 Å². The van der Waals surface area contributed by atoms with Crippen LogP contribution in [0.25, 0.3) is 0 Å². The first-order valence-corrected chi connectivity index (χ1v) is 10.9. The van der Waals surface area contributed by atoms with Crippen molar-refractivity contribution in [2.75, 3.05) is 24.4 Å². The van der Waals surface area contributed by atoms with Crippen molar-refractivity contribution < 1.29 is 14.3 Å². The lowest BCUT2D eigenvalue weighted by atomic mass is 10.1. The second-order valence-electron chi connectivity index (χ2n) is 7.08. The number of amides is 1. The van der Waals surface area contributed by atoms with Crippen molar-refractivity contribution >= 4 is 44.8 Å². The molecule has 0 heterocycles. The molecule has 3 aromatic carbocycles. The van der Waals surface area contributed by atoms with Crippen LogP contribution in [0.4, 0.5) is 11.4 Å². The molecular weight excluding hydrogens is 480 g/mol. The number of benzene rings is 3. The normalized spacial score (nSPS) is 10.5. The Bertz CT molecular complexity index is 1070. The van der Waals surface area contributed by atoms with Crippen LogP contribution in [0.5, 0.6) is 11.5 Å². The minimum atomic E-state index is -0.255. The largest absolute Gasteiger partial charge is 0.493 e. The molecule has 0 atom stereocenters. The molecule has 0 aromatic heterocycles. The number of nitrogens with one attached hydrogen (secondary N) is 2. The maximum absolute atomic E-state index is 12.4. The number of rotatable bonds is 8. The molecule has 162 valence electrons. The molecule has 0 aliphatic heterocycles. The van der Waals surface area contributed by atoms with Crippen LogP contribution in [0.15, 0.2) is 59.1 Å². The van der Waals surface area contributed by atoms with E-state index in [1.807, 2.05) is 62.4 Å². The van der Waals surface area contributed by atoms with Crippen molar-refractivity contribution in [3.05, 3.63) is 80.8 Å². The summed E-state index contributed by atoms with van der Waals surface area (Å²) in [4.78, 5) is 12.4. The van der Waals surface area contributed by atoms with E-state index in [0.29, 0.717) is 23.1 Å². The third-order valence-corrected chi connectivity index (χ3v) is 5.86. The zero-order valence-corrected chi connectivity index (χ0v) is 19.9. The predicted octanol–water partition coefficient (Wildman–Crippen LogP) is 6.36. The molecule has 0 aliphatic carbocycles. The fourth-order valence-electron chi connectivity index (χ4n) is 2.93. The Morgan fingerprint density at radius 3 is 2.42 bits per heavy atom. The van der Waals surface area contributed by atoms with Crippen molar-refractivity contribution in [1.29, 1.82) is 0 Å². The maximum Gasteiger partial charge on any atom is 0.262 e. The Morgan fingerprint density at radius 2 is 1.74 bits per heavy atom. The number of hydrogen-bond donors (Lipinski definition) is 2. The van der Waals surface area contributed by atoms with Crippen molar-refractivity contribution in [1.82, 2.24) is 0 Å². The van der Waals surface area contributed by atoms with Crippen molar-refractivity contribution in [2.24, 2.45) is 0 Å². The topological polar surface area (TPSA) is 59.6 Å². The maximum atomic E-state index is 12.4. The number of anilines is 2. The van der Waals surface area contributed by atoms with Crippen LogP contribution >= 0.6 is 27.5 Å². The molecular formula is C24H24BrClN2O3. The van der Waals surface area contributed by atoms with Crippen LogP contribution in [-0.2, 0) is 11.3 Å². The van der Waals surface area contributed by atoms with Gasteiger partial charge in [0, 0.05) is 33.0 Å². The molecule has 0 unspecified atom stereocenters. The van der Waals surface area contributed by atoms with Gasteiger partial charge >= 0.3 is 0 Å². The number of hydrogen-bond acceptors (Lipinski definition) is 4. The Balaban J connectivity index is 1.73. The molecule has 5 nitrogen and oxygen atoms in total. The van der Waals surface area contributed by atoms with Gasteiger partial charge in [-0.25, -0.2) is 0 Å². The minimum Gasteiger partial charge on any atom is -0.493 e. The summed E-state index contributed by atoms with van der Waals surface area (Å²) in [7, 11) is 1.57. The minimum absolute atomic E-state index is 0.149. The van der Waals surface area contributed by atoms with E-state index < -0.39 is 0 Å². The molecule has 0 aliphatic rings. The van der Waals surface area contributed by atoms with Gasteiger partial charge in [-0.3, -0.25) is 4.79 Å². The summed E-state index contributed by atoms with van der Waals surface area (Å²) in [6, 6.07) is 17.1. The summed E-state index contributed by atoms with van der Waals surface area (Å²) in [6.07, 6.45) is 0.